The summed E-state index contributed by atoms with van der Waals surface area (Å²) in [4.78, 5) is 14.3. The van der Waals surface area contributed by atoms with Gasteiger partial charge in [0.15, 0.2) is 0 Å². The molecule has 0 saturated carbocycles. The zero-order valence-corrected chi connectivity index (χ0v) is 16.3. The van der Waals surface area contributed by atoms with E-state index in [0.717, 1.165) is 24.2 Å². The van der Waals surface area contributed by atoms with Crippen molar-refractivity contribution >= 4 is 17.8 Å². The van der Waals surface area contributed by atoms with E-state index in [1.54, 1.807) is 30.3 Å². The van der Waals surface area contributed by atoms with E-state index in [1.165, 1.54) is 6.21 Å². The van der Waals surface area contributed by atoms with Crippen molar-refractivity contribution in [3.8, 4) is 0 Å². The molecular formula is C22H26FN3O. The van der Waals surface area contributed by atoms with Crippen molar-refractivity contribution in [2.24, 2.45) is 5.10 Å². The summed E-state index contributed by atoms with van der Waals surface area (Å²) in [5.41, 5.74) is 5.40. The van der Waals surface area contributed by atoms with Crippen LogP contribution in [-0.4, -0.2) is 24.2 Å². The molecule has 0 spiro atoms. The van der Waals surface area contributed by atoms with Gasteiger partial charge in [-0.1, -0.05) is 25.1 Å². The lowest BCUT2D eigenvalue weighted by Gasteiger charge is -2.47. The molecule has 0 aromatic heterocycles. The molecule has 0 aliphatic carbocycles. The molecule has 4 nitrogen and oxygen atoms in total. The molecule has 1 aliphatic rings. The van der Waals surface area contributed by atoms with Crippen LogP contribution in [0, 0.1) is 5.82 Å². The van der Waals surface area contributed by atoms with Crippen LogP contribution in [0.5, 0.6) is 0 Å². The van der Waals surface area contributed by atoms with Crippen molar-refractivity contribution in [2.45, 2.75) is 45.6 Å². The molecule has 27 heavy (non-hydrogen) atoms. The van der Waals surface area contributed by atoms with Gasteiger partial charge >= 0.3 is 0 Å². The topological polar surface area (TPSA) is 44.7 Å². The van der Waals surface area contributed by atoms with E-state index in [2.05, 4.69) is 43.1 Å². The van der Waals surface area contributed by atoms with Crippen molar-refractivity contribution < 1.29 is 9.18 Å². The molecule has 0 radical (unpaired) electrons. The highest BCUT2D eigenvalue weighted by Crippen LogP contribution is 2.43. The molecule has 1 atom stereocenters. The Kier molecular flexibility index (Phi) is 5.31. The fraction of sp³-hybridized carbons (Fsp3) is 0.364. The molecular weight excluding hydrogens is 341 g/mol. The van der Waals surface area contributed by atoms with Gasteiger partial charge < -0.3 is 4.90 Å². The maximum absolute atomic E-state index is 14.7. The number of anilines is 1. The highest BCUT2D eigenvalue weighted by molar-refractivity contribution is 5.94. The summed E-state index contributed by atoms with van der Waals surface area (Å²) in [6.45, 7) is 9.48. The van der Waals surface area contributed by atoms with Crippen molar-refractivity contribution in [1.82, 2.24) is 5.43 Å². The first kappa shape index (κ1) is 19.1. The summed E-state index contributed by atoms with van der Waals surface area (Å²) in [5, 5.41) is 3.94. The molecule has 1 aliphatic heterocycles. The lowest BCUT2D eigenvalue weighted by molar-refractivity contribution is 0.0955. The quantitative estimate of drug-likeness (QED) is 0.629. The van der Waals surface area contributed by atoms with E-state index in [1.807, 2.05) is 12.1 Å². The number of nitrogens with zero attached hydrogens (tertiary/aromatic N) is 2. The number of halogens is 1. The largest absolute Gasteiger partial charge is 0.366 e. The summed E-state index contributed by atoms with van der Waals surface area (Å²) in [7, 11) is 0. The van der Waals surface area contributed by atoms with Gasteiger partial charge in [-0.2, -0.15) is 5.10 Å². The minimum atomic E-state index is -0.338. The zero-order chi connectivity index (χ0) is 19.6. The standard InChI is InChI=1S/C22H26FN3O/c1-5-26-20-12-19(23)17(11-18(20)15(2)13-22(26,3)4)14-24-25-21(27)16-9-7-6-8-10-16/h6-12,14-15H,5,13H2,1-4H3,(H,25,27)/b24-14-. The second-order valence-corrected chi connectivity index (χ2v) is 7.66. The molecule has 1 N–H and O–H groups in total. The minimum absolute atomic E-state index is 0.00707. The third kappa shape index (κ3) is 3.87. The zero-order valence-electron chi connectivity index (χ0n) is 16.3. The fourth-order valence-corrected chi connectivity index (χ4v) is 4.03. The van der Waals surface area contributed by atoms with E-state index in [4.69, 9.17) is 0 Å². The number of carbonyl (C=O) groups is 1. The van der Waals surface area contributed by atoms with Crippen molar-refractivity contribution in [3.05, 3.63) is 65.0 Å². The van der Waals surface area contributed by atoms with E-state index in [9.17, 15) is 9.18 Å². The second-order valence-electron chi connectivity index (χ2n) is 7.66. The Morgan fingerprint density at radius 2 is 2.04 bits per heavy atom. The first-order chi connectivity index (χ1) is 12.8. The molecule has 2 aromatic carbocycles. The summed E-state index contributed by atoms with van der Waals surface area (Å²) in [6.07, 6.45) is 2.38. The highest BCUT2D eigenvalue weighted by atomic mass is 19.1. The molecule has 3 rings (SSSR count). The molecule has 2 aromatic rings. The number of nitrogens with one attached hydrogen (secondary N) is 1. The van der Waals surface area contributed by atoms with Crippen LogP contribution < -0.4 is 10.3 Å². The predicted octanol–water partition coefficient (Wildman–Crippen LogP) is 4.70. The van der Waals surface area contributed by atoms with Crippen LogP contribution in [0.1, 0.15) is 61.5 Å². The number of rotatable bonds is 4. The Hall–Kier alpha value is -2.69. The van der Waals surface area contributed by atoms with E-state index in [0.29, 0.717) is 17.0 Å². The van der Waals surface area contributed by atoms with Gasteiger partial charge in [-0.25, -0.2) is 9.82 Å². The Labute approximate surface area is 160 Å². The molecule has 1 unspecified atom stereocenters. The normalized spacial score (nSPS) is 18.4. The van der Waals surface area contributed by atoms with Crippen LogP contribution in [0.15, 0.2) is 47.6 Å². The maximum Gasteiger partial charge on any atom is 0.271 e. The van der Waals surface area contributed by atoms with Gasteiger partial charge in [-0.3, -0.25) is 4.79 Å². The Balaban J connectivity index is 1.84. The van der Waals surface area contributed by atoms with Gasteiger partial charge in [0.2, 0.25) is 0 Å². The Morgan fingerprint density at radius 3 is 2.70 bits per heavy atom. The van der Waals surface area contributed by atoms with Crippen molar-refractivity contribution in [3.63, 3.8) is 0 Å². The van der Waals surface area contributed by atoms with Crippen LogP contribution in [-0.2, 0) is 0 Å². The van der Waals surface area contributed by atoms with Crippen molar-refractivity contribution in [2.75, 3.05) is 11.4 Å². The summed E-state index contributed by atoms with van der Waals surface area (Å²) in [6, 6.07) is 12.3. The lowest BCUT2D eigenvalue weighted by Crippen LogP contribution is -2.48. The van der Waals surface area contributed by atoms with Gasteiger partial charge in [0, 0.05) is 28.9 Å². The van der Waals surface area contributed by atoms with Gasteiger partial charge in [0.05, 0.1) is 6.21 Å². The summed E-state index contributed by atoms with van der Waals surface area (Å²) < 4.78 is 14.7. The van der Waals surface area contributed by atoms with Crippen LogP contribution in [0.4, 0.5) is 10.1 Å². The van der Waals surface area contributed by atoms with Crippen LogP contribution in [0.25, 0.3) is 0 Å². The minimum Gasteiger partial charge on any atom is -0.366 e. The van der Waals surface area contributed by atoms with Gasteiger partial charge in [0.25, 0.3) is 5.91 Å². The Morgan fingerprint density at radius 1 is 1.33 bits per heavy atom. The number of carbonyl (C=O) groups excluding carboxylic acids is 1. The lowest BCUT2D eigenvalue weighted by atomic mass is 9.79. The van der Waals surface area contributed by atoms with E-state index < -0.39 is 0 Å². The highest BCUT2D eigenvalue weighted by Gasteiger charge is 2.36. The smallest absolute Gasteiger partial charge is 0.271 e. The molecule has 0 saturated heterocycles. The van der Waals surface area contributed by atoms with Crippen LogP contribution in [0.3, 0.4) is 0 Å². The van der Waals surface area contributed by atoms with Crippen LogP contribution in [0.2, 0.25) is 0 Å². The third-order valence-corrected chi connectivity index (χ3v) is 5.23. The van der Waals surface area contributed by atoms with E-state index in [-0.39, 0.29) is 17.3 Å². The predicted molar refractivity (Wildman–Crippen MR) is 108 cm³/mol. The first-order valence-corrected chi connectivity index (χ1v) is 9.33. The number of hydrogen-bond donors (Lipinski definition) is 1. The second kappa shape index (κ2) is 7.51. The fourth-order valence-electron chi connectivity index (χ4n) is 4.03. The number of hydrazone groups is 1. The number of fused-ring (bicyclic) bond motifs is 1. The first-order valence-electron chi connectivity index (χ1n) is 9.33. The van der Waals surface area contributed by atoms with Gasteiger partial charge in [-0.15, -0.1) is 0 Å². The SMILES string of the molecule is CCN1c2cc(F)c(/C=N\NC(=O)c3ccccc3)cc2C(C)CC1(C)C. The molecule has 0 bridgehead atoms. The third-order valence-electron chi connectivity index (χ3n) is 5.23. The van der Waals surface area contributed by atoms with Gasteiger partial charge in [-0.05, 0) is 62.9 Å². The average Bonchev–Trinajstić information content (AvgIpc) is 2.63. The summed E-state index contributed by atoms with van der Waals surface area (Å²) in [5.74, 6) is -0.336. The Bertz CT molecular complexity index is 861. The number of benzene rings is 2. The molecule has 0 fully saturated rings. The summed E-state index contributed by atoms with van der Waals surface area (Å²) >= 11 is 0. The molecule has 142 valence electrons. The molecule has 1 heterocycles. The number of amides is 1. The number of hydrogen-bond acceptors (Lipinski definition) is 3. The monoisotopic (exact) mass is 367 g/mol. The maximum atomic E-state index is 14.7. The molecule has 1 amide bonds. The molecule has 5 heteroatoms. The van der Waals surface area contributed by atoms with Gasteiger partial charge in [0.1, 0.15) is 5.82 Å². The van der Waals surface area contributed by atoms with Crippen molar-refractivity contribution in [1.29, 1.82) is 0 Å². The average molecular weight is 367 g/mol. The van der Waals surface area contributed by atoms with E-state index >= 15 is 0 Å². The van der Waals surface area contributed by atoms with Crippen LogP contribution >= 0.6 is 0 Å².